The van der Waals surface area contributed by atoms with Crippen molar-refractivity contribution in [2.24, 2.45) is 11.8 Å². The third-order valence-electron chi connectivity index (χ3n) is 4.12. The van der Waals surface area contributed by atoms with Gasteiger partial charge in [0.05, 0.1) is 7.11 Å². The zero-order chi connectivity index (χ0) is 13.7. The molecule has 1 unspecified atom stereocenters. The van der Waals surface area contributed by atoms with E-state index in [4.69, 9.17) is 10.6 Å². The van der Waals surface area contributed by atoms with Crippen molar-refractivity contribution in [2.45, 2.75) is 44.6 Å². The summed E-state index contributed by atoms with van der Waals surface area (Å²) in [5.74, 6) is 6.65. The molecule has 106 valence electrons. The Morgan fingerprint density at radius 1 is 1.42 bits per heavy atom. The van der Waals surface area contributed by atoms with Gasteiger partial charge in [-0.25, -0.2) is 4.39 Å². The molecule has 1 aromatic rings. The summed E-state index contributed by atoms with van der Waals surface area (Å²) in [6, 6.07) is 4.83. The summed E-state index contributed by atoms with van der Waals surface area (Å²) >= 11 is 0. The van der Waals surface area contributed by atoms with E-state index in [1.165, 1.54) is 38.9 Å². The molecule has 0 aliphatic heterocycles. The van der Waals surface area contributed by atoms with Crippen LogP contribution in [-0.4, -0.2) is 7.11 Å². The first-order chi connectivity index (χ1) is 9.24. The summed E-state index contributed by atoms with van der Waals surface area (Å²) in [7, 11) is 1.53. The molecule has 1 aromatic carbocycles. The number of nitrogens with two attached hydrogens (primary N) is 1. The fourth-order valence-corrected chi connectivity index (χ4v) is 2.95. The van der Waals surface area contributed by atoms with E-state index in [0.717, 1.165) is 18.8 Å². The van der Waals surface area contributed by atoms with Crippen LogP contribution in [0.1, 0.15) is 50.1 Å². The molecule has 2 rings (SSSR count). The predicted molar refractivity (Wildman–Crippen MR) is 74.2 cm³/mol. The number of halogens is 1. The van der Waals surface area contributed by atoms with E-state index >= 15 is 0 Å². The molecule has 0 spiro atoms. The smallest absolute Gasteiger partial charge is 0.131 e. The van der Waals surface area contributed by atoms with Crippen LogP contribution in [0, 0.1) is 11.7 Å². The molecule has 0 saturated heterocycles. The Morgan fingerprint density at radius 2 is 2.16 bits per heavy atom. The summed E-state index contributed by atoms with van der Waals surface area (Å²) in [5.41, 5.74) is 3.37. The van der Waals surface area contributed by atoms with Crippen molar-refractivity contribution in [3.05, 3.63) is 29.6 Å². The Balaban J connectivity index is 1.99. The van der Waals surface area contributed by atoms with Crippen LogP contribution in [-0.2, 0) is 0 Å². The molecule has 0 aromatic heterocycles. The number of hydrazine groups is 1. The number of ether oxygens (including phenoxy) is 1. The van der Waals surface area contributed by atoms with Gasteiger partial charge in [0.15, 0.2) is 0 Å². The van der Waals surface area contributed by atoms with Gasteiger partial charge in [-0.15, -0.1) is 0 Å². The van der Waals surface area contributed by atoms with Crippen LogP contribution in [0.5, 0.6) is 5.75 Å². The highest BCUT2D eigenvalue weighted by Crippen LogP contribution is 2.32. The molecule has 1 aliphatic carbocycles. The van der Waals surface area contributed by atoms with Crippen LogP contribution in [0.15, 0.2) is 18.2 Å². The molecule has 4 heteroatoms. The molecule has 0 amide bonds. The maximum atomic E-state index is 14.0. The summed E-state index contributed by atoms with van der Waals surface area (Å²) in [6.07, 6.45) is 7.28. The number of methoxy groups -OCH3 is 1. The van der Waals surface area contributed by atoms with E-state index in [2.05, 4.69) is 5.43 Å². The standard InChI is InChI=1S/C15H23FN2O/c1-19-12-7-8-13(14(16)10-12)15(18-17)9-6-11-4-2-3-5-11/h7-8,10-11,15,18H,2-6,9,17H2,1H3. The second kappa shape index (κ2) is 6.87. The van der Waals surface area contributed by atoms with Gasteiger partial charge in [0, 0.05) is 17.7 Å². The maximum absolute atomic E-state index is 14.0. The average Bonchev–Trinajstić information content (AvgIpc) is 2.94. The summed E-state index contributed by atoms with van der Waals surface area (Å²) in [5, 5.41) is 0. The third-order valence-corrected chi connectivity index (χ3v) is 4.12. The monoisotopic (exact) mass is 266 g/mol. The molecule has 19 heavy (non-hydrogen) atoms. The highest BCUT2D eigenvalue weighted by Gasteiger charge is 2.19. The molecular weight excluding hydrogens is 243 g/mol. The number of hydrogen-bond donors (Lipinski definition) is 2. The molecule has 1 aliphatic rings. The van der Waals surface area contributed by atoms with Crippen LogP contribution in [0.4, 0.5) is 4.39 Å². The van der Waals surface area contributed by atoms with Crippen molar-refractivity contribution in [2.75, 3.05) is 7.11 Å². The SMILES string of the molecule is COc1ccc(C(CCC2CCCC2)NN)c(F)c1. The lowest BCUT2D eigenvalue weighted by molar-refractivity contribution is 0.397. The first kappa shape index (κ1) is 14.3. The Bertz CT molecular complexity index is 405. The largest absolute Gasteiger partial charge is 0.497 e. The van der Waals surface area contributed by atoms with E-state index in [0.29, 0.717) is 11.3 Å². The second-order valence-corrected chi connectivity index (χ2v) is 5.33. The van der Waals surface area contributed by atoms with Gasteiger partial charge in [0.2, 0.25) is 0 Å². The minimum atomic E-state index is -0.256. The molecule has 3 nitrogen and oxygen atoms in total. The third kappa shape index (κ3) is 3.67. The number of rotatable bonds is 6. The highest BCUT2D eigenvalue weighted by atomic mass is 19.1. The minimum Gasteiger partial charge on any atom is -0.497 e. The van der Waals surface area contributed by atoms with Crippen molar-refractivity contribution >= 4 is 0 Å². The van der Waals surface area contributed by atoms with Gasteiger partial charge in [0.1, 0.15) is 11.6 Å². The molecule has 1 atom stereocenters. The summed E-state index contributed by atoms with van der Waals surface area (Å²) in [4.78, 5) is 0. The Kier molecular flexibility index (Phi) is 5.16. The lowest BCUT2D eigenvalue weighted by Gasteiger charge is -2.19. The number of benzene rings is 1. The van der Waals surface area contributed by atoms with E-state index in [1.807, 2.05) is 0 Å². The minimum absolute atomic E-state index is 0.119. The van der Waals surface area contributed by atoms with Gasteiger partial charge >= 0.3 is 0 Å². The van der Waals surface area contributed by atoms with Crippen LogP contribution in [0.3, 0.4) is 0 Å². The van der Waals surface area contributed by atoms with Gasteiger partial charge in [-0.1, -0.05) is 31.7 Å². The van der Waals surface area contributed by atoms with Gasteiger partial charge in [0.25, 0.3) is 0 Å². The van der Waals surface area contributed by atoms with Crippen LogP contribution < -0.4 is 16.0 Å². The molecule has 3 N–H and O–H groups in total. The van der Waals surface area contributed by atoms with Gasteiger partial charge in [-0.3, -0.25) is 11.3 Å². The Hall–Kier alpha value is -1.13. The lowest BCUT2D eigenvalue weighted by atomic mass is 9.95. The molecule has 0 bridgehead atoms. The fraction of sp³-hybridized carbons (Fsp3) is 0.600. The van der Waals surface area contributed by atoms with Crippen molar-refractivity contribution in [1.82, 2.24) is 5.43 Å². The van der Waals surface area contributed by atoms with Crippen molar-refractivity contribution in [3.63, 3.8) is 0 Å². The molecule has 0 heterocycles. The van der Waals surface area contributed by atoms with Gasteiger partial charge in [-0.05, 0) is 24.8 Å². The lowest BCUT2D eigenvalue weighted by Crippen LogP contribution is -2.29. The number of nitrogens with one attached hydrogen (secondary N) is 1. The van der Waals surface area contributed by atoms with Crippen molar-refractivity contribution in [1.29, 1.82) is 0 Å². The molecular formula is C15H23FN2O. The quantitative estimate of drug-likeness (QED) is 0.613. The highest BCUT2D eigenvalue weighted by molar-refractivity contribution is 5.30. The maximum Gasteiger partial charge on any atom is 0.131 e. The molecule has 1 fully saturated rings. The zero-order valence-electron chi connectivity index (χ0n) is 11.5. The number of hydrogen-bond acceptors (Lipinski definition) is 3. The zero-order valence-corrected chi connectivity index (χ0v) is 11.5. The molecule has 0 radical (unpaired) electrons. The normalized spacial score (nSPS) is 17.6. The Morgan fingerprint density at radius 3 is 2.74 bits per heavy atom. The van der Waals surface area contributed by atoms with Crippen LogP contribution in [0.25, 0.3) is 0 Å². The van der Waals surface area contributed by atoms with Gasteiger partial charge in [-0.2, -0.15) is 0 Å². The van der Waals surface area contributed by atoms with Crippen LogP contribution in [0.2, 0.25) is 0 Å². The molecule has 1 saturated carbocycles. The van der Waals surface area contributed by atoms with Crippen molar-refractivity contribution < 1.29 is 9.13 Å². The van der Waals surface area contributed by atoms with Gasteiger partial charge < -0.3 is 4.74 Å². The van der Waals surface area contributed by atoms with E-state index < -0.39 is 0 Å². The summed E-state index contributed by atoms with van der Waals surface area (Å²) < 4.78 is 19.0. The average molecular weight is 266 g/mol. The summed E-state index contributed by atoms with van der Waals surface area (Å²) in [6.45, 7) is 0. The van der Waals surface area contributed by atoms with Crippen LogP contribution >= 0.6 is 0 Å². The van der Waals surface area contributed by atoms with E-state index in [-0.39, 0.29) is 11.9 Å². The first-order valence-corrected chi connectivity index (χ1v) is 7.04. The Labute approximate surface area is 114 Å². The topological polar surface area (TPSA) is 47.3 Å². The van der Waals surface area contributed by atoms with E-state index in [1.54, 1.807) is 12.1 Å². The van der Waals surface area contributed by atoms with E-state index in [9.17, 15) is 4.39 Å². The van der Waals surface area contributed by atoms with Crippen molar-refractivity contribution in [3.8, 4) is 5.75 Å². The first-order valence-electron chi connectivity index (χ1n) is 7.04. The second-order valence-electron chi connectivity index (χ2n) is 5.33. The fourth-order valence-electron chi connectivity index (χ4n) is 2.95. The predicted octanol–water partition coefficient (Wildman–Crippen LogP) is 3.31.